The molecule has 8 heteroatoms. The van der Waals surface area contributed by atoms with Crippen molar-refractivity contribution in [3.63, 3.8) is 0 Å². The molecule has 0 aliphatic heterocycles. The Hall–Kier alpha value is -2.97. The molecule has 27 heavy (non-hydrogen) atoms. The Labute approximate surface area is 155 Å². The maximum Gasteiger partial charge on any atom is 0.307 e. The van der Waals surface area contributed by atoms with Gasteiger partial charge in [0.15, 0.2) is 0 Å². The van der Waals surface area contributed by atoms with E-state index in [1.807, 2.05) is 0 Å². The van der Waals surface area contributed by atoms with Crippen molar-refractivity contribution in [2.45, 2.75) is 18.2 Å². The highest BCUT2D eigenvalue weighted by Gasteiger charge is 2.18. The first-order valence-corrected chi connectivity index (χ1v) is 9.53. The molecule has 0 aliphatic carbocycles. The summed E-state index contributed by atoms with van der Waals surface area (Å²) in [7, 11) is -3.82. The van der Waals surface area contributed by atoms with E-state index in [-0.39, 0.29) is 11.3 Å². The maximum atomic E-state index is 13.7. The zero-order valence-corrected chi connectivity index (χ0v) is 15.2. The van der Waals surface area contributed by atoms with Crippen molar-refractivity contribution < 1.29 is 22.7 Å². The Bertz CT molecular complexity index is 1120. The standard InChI is InChI=1S/C19H17FN2O4S/c1-12-14(10-19(23)24)9-18(22(12)16-4-2-3-15(20)11-16)13-5-7-17(8-6-13)27(21,25)26/h2-9,11H,10H2,1H3,(H,23,24)(H2,21,25,26). The topological polar surface area (TPSA) is 102 Å². The van der Waals surface area contributed by atoms with Crippen LogP contribution in [0.3, 0.4) is 0 Å². The van der Waals surface area contributed by atoms with Gasteiger partial charge in [0.1, 0.15) is 5.82 Å². The predicted molar refractivity (Wildman–Crippen MR) is 98.6 cm³/mol. The van der Waals surface area contributed by atoms with E-state index >= 15 is 0 Å². The van der Waals surface area contributed by atoms with Crippen LogP contribution in [0.2, 0.25) is 0 Å². The molecular formula is C19H17FN2O4S. The van der Waals surface area contributed by atoms with Crippen LogP contribution in [0.5, 0.6) is 0 Å². The summed E-state index contributed by atoms with van der Waals surface area (Å²) in [5.74, 6) is -1.40. The van der Waals surface area contributed by atoms with E-state index in [2.05, 4.69) is 0 Å². The number of rotatable bonds is 5. The van der Waals surface area contributed by atoms with Crippen molar-refractivity contribution >= 4 is 16.0 Å². The van der Waals surface area contributed by atoms with Gasteiger partial charge < -0.3 is 9.67 Å². The van der Waals surface area contributed by atoms with Gasteiger partial charge in [-0.05, 0) is 54.4 Å². The lowest BCUT2D eigenvalue weighted by atomic mass is 10.1. The van der Waals surface area contributed by atoms with E-state index < -0.39 is 21.8 Å². The molecule has 0 aliphatic rings. The first kappa shape index (κ1) is 18.8. The van der Waals surface area contributed by atoms with Crippen molar-refractivity contribution in [2.24, 2.45) is 5.14 Å². The van der Waals surface area contributed by atoms with Crippen LogP contribution in [0.15, 0.2) is 59.5 Å². The second-order valence-electron chi connectivity index (χ2n) is 6.10. The molecule has 3 rings (SSSR count). The molecule has 0 bridgehead atoms. The number of carbonyl (C=O) groups is 1. The Balaban J connectivity index is 2.20. The Kier molecular flexibility index (Phi) is 4.86. The van der Waals surface area contributed by atoms with Gasteiger partial charge in [-0.2, -0.15) is 0 Å². The van der Waals surface area contributed by atoms with Crippen LogP contribution in [0.1, 0.15) is 11.3 Å². The van der Waals surface area contributed by atoms with Crippen molar-refractivity contribution in [2.75, 3.05) is 0 Å². The largest absolute Gasteiger partial charge is 0.481 e. The maximum absolute atomic E-state index is 13.7. The van der Waals surface area contributed by atoms with Crippen LogP contribution in [0, 0.1) is 12.7 Å². The van der Waals surface area contributed by atoms with Crippen LogP contribution in [0.25, 0.3) is 16.9 Å². The number of aliphatic carboxylic acids is 1. The number of carboxylic acids is 1. The summed E-state index contributed by atoms with van der Waals surface area (Å²) in [5, 5.41) is 14.3. The number of carboxylic acid groups (broad SMARTS) is 1. The molecule has 3 N–H and O–H groups in total. The van der Waals surface area contributed by atoms with Crippen LogP contribution in [-0.2, 0) is 21.2 Å². The molecule has 0 fully saturated rings. The smallest absolute Gasteiger partial charge is 0.307 e. The van der Waals surface area contributed by atoms with E-state index in [0.717, 1.165) is 0 Å². The number of halogens is 1. The zero-order valence-electron chi connectivity index (χ0n) is 14.4. The summed E-state index contributed by atoms with van der Waals surface area (Å²) >= 11 is 0. The summed E-state index contributed by atoms with van der Waals surface area (Å²) in [5.41, 5.74) is 3.04. The Morgan fingerprint density at radius 2 is 1.81 bits per heavy atom. The van der Waals surface area contributed by atoms with E-state index in [0.29, 0.717) is 28.2 Å². The lowest BCUT2D eigenvalue weighted by molar-refractivity contribution is -0.136. The third kappa shape index (κ3) is 3.91. The average molecular weight is 388 g/mol. The van der Waals surface area contributed by atoms with Crippen molar-refractivity contribution in [1.29, 1.82) is 0 Å². The number of aromatic nitrogens is 1. The van der Waals surface area contributed by atoms with Crippen molar-refractivity contribution in [3.05, 3.63) is 71.7 Å². The van der Waals surface area contributed by atoms with Gasteiger partial charge in [0.25, 0.3) is 0 Å². The Morgan fingerprint density at radius 1 is 1.15 bits per heavy atom. The predicted octanol–water partition coefficient (Wildman–Crippen LogP) is 2.87. The molecule has 2 aromatic carbocycles. The molecule has 0 unspecified atom stereocenters. The highest BCUT2D eigenvalue weighted by Crippen LogP contribution is 2.30. The minimum Gasteiger partial charge on any atom is -0.481 e. The normalized spacial score (nSPS) is 11.5. The first-order valence-electron chi connectivity index (χ1n) is 7.99. The van der Waals surface area contributed by atoms with Gasteiger partial charge in [-0.1, -0.05) is 18.2 Å². The fourth-order valence-corrected chi connectivity index (χ4v) is 3.49. The zero-order chi connectivity index (χ0) is 19.8. The van der Waals surface area contributed by atoms with Crippen LogP contribution in [0.4, 0.5) is 4.39 Å². The van der Waals surface area contributed by atoms with Gasteiger partial charge in [0, 0.05) is 11.4 Å². The van der Waals surface area contributed by atoms with Gasteiger partial charge in [0.05, 0.1) is 17.0 Å². The lowest BCUT2D eigenvalue weighted by Crippen LogP contribution is -2.11. The van der Waals surface area contributed by atoms with E-state index in [1.165, 1.54) is 24.3 Å². The minimum absolute atomic E-state index is 0.0300. The van der Waals surface area contributed by atoms with Crippen LogP contribution >= 0.6 is 0 Å². The van der Waals surface area contributed by atoms with Gasteiger partial charge in [-0.15, -0.1) is 0 Å². The number of hydrogen-bond donors (Lipinski definition) is 2. The number of nitrogens with two attached hydrogens (primary N) is 1. The third-order valence-corrected chi connectivity index (χ3v) is 5.17. The minimum atomic E-state index is -3.82. The van der Waals surface area contributed by atoms with E-state index in [4.69, 9.17) is 10.2 Å². The van der Waals surface area contributed by atoms with Gasteiger partial charge in [-0.3, -0.25) is 4.79 Å². The molecule has 6 nitrogen and oxygen atoms in total. The number of sulfonamides is 1. The van der Waals surface area contributed by atoms with Crippen LogP contribution in [-0.4, -0.2) is 24.1 Å². The summed E-state index contributed by atoms with van der Waals surface area (Å²) in [6, 6.07) is 13.6. The van der Waals surface area contributed by atoms with Gasteiger partial charge >= 0.3 is 5.97 Å². The number of benzene rings is 2. The molecule has 1 aromatic heterocycles. The lowest BCUT2D eigenvalue weighted by Gasteiger charge is -2.13. The molecule has 0 atom stereocenters. The molecule has 0 saturated carbocycles. The molecule has 0 amide bonds. The SMILES string of the molecule is Cc1c(CC(=O)O)cc(-c2ccc(S(N)(=O)=O)cc2)n1-c1cccc(F)c1. The summed E-state index contributed by atoms with van der Waals surface area (Å²) in [6.07, 6.45) is -0.184. The summed E-state index contributed by atoms with van der Waals surface area (Å²) < 4.78 is 38.4. The fraction of sp³-hybridized carbons (Fsp3) is 0.105. The monoisotopic (exact) mass is 388 g/mol. The number of nitrogens with zero attached hydrogens (tertiary/aromatic N) is 1. The summed E-state index contributed by atoms with van der Waals surface area (Å²) in [6.45, 7) is 1.76. The molecule has 0 saturated heterocycles. The highest BCUT2D eigenvalue weighted by molar-refractivity contribution is 7.89. The Morgan fingerprint density at radius 3 is 2.37 bits per heavy atom. The second kappa shape index (κ2) is 6.98. The molecular weight excluding hydrogens is 371 g/mol. The number of primary sulfonamides is 1. The van der Waals surface area contributed by atoms with Crippen LogP contribution < -0.4 is 5.14 Å². The summed E-state index contributed by atoms with van der Waals surface area (Å²) in [4.78, 5) is 11.1. The first-order chi connectivity index (χ1) is 12.7. The van der Waals surface area contributed by atoms with Gasteiger partial charge in [0.2, 0.25) is 10.0 Å². The molecule has 3 aromatic rings. The van der Waals surface area contributed by atoms with E-state index in [1.54, 1.807) is 41.8 Å². The molecule has 140 valence electrons. The average Bonchev–Trinajstić information content (AvgIpc) is 2.90. The fourth-order valence-electron chi connectivity index (χ4n) is 2.98. The quantitative estimate of drug-likeness (QED) is 0.701. The third-order valence-electron chi connectivity index (χ3n) is 4.24. The highest BCUT2D eigenvalue weighted by atomic mass is 32.2. The van der Waals surface area contributed by atoms with E-state index in [9.17, 15) is 17.6 Å². The molecule has 0 spiro atoms. The molecule has 1 heterocycles. The van der Waals surface area contributed by atoms with Crippen molar-refractivity contribution in [3.8, 4) is 16.9 Å². The number of hydrogen-bond acceptors (Lipinski definition) is 3. The van der Waals surface area contributed by atoms with Gasteiger partial charge in [-0.25, -0.2) is 17.9 Å². The second-order valence-corrected chi connectivity index (χ2v) is 7.66. The van der Waals surface area contributed by atoms with Crippen molar-refractivity contribution in [1.82, 2.24) is 4.57 Å². The molecule has 0 radical (unpaired) electrons.